The topological polar surface area (TPSA) is 90.7 Å². The fourth-order valence-corrected chi connectivity index (χ4v) is 5.08. The molecule has 0 amide bonds. The van der Waals surface area contributed by atoms with Crippen molar-refractivity contribution in [1.29, 1.82) is 0 Å². The molecule has 3 aromatic rings. The maximum Gasteiger partial charge on any atom is 0.340 e. The van der Waals surface area contributed by atoms with Gasteiger partial charge in [0.1, 0.15) is 5.75 Å². The molecule has 0 spiro atoms. The molecule has 0 radical (unpaired) electrons. The first kappa shape index (κ1) is 20.7. The first-order valence-electron chi connectivity index (χ1n) is 8.81. The maximum absolute atomic E-state index is 13.4. The van der Waals surface area contributed by atoms with Crippen LogP contribution in [0.1, 0.15) is 21.5 Å². The summed E-state index contributed by atoms with van der Waals surface area (Å²) in [5.74, 6) is 0.260. The minimum absolute atomic E-state index is 0.186. The van der Waals surface area contributed by atoms with Gasteiger partial charge in [-0.1, -0.05) is 6.07 Å². The Bertz CT molecular complexity index is 1190. The number of benzene rings is 2. The van der Waals surface area contributed by atoms with E-state index in [9.17, 15) is 13.2 Å². The van der Waals surface area contributed by atoms with E-state index in [1.54, 1.807) is 55.8 Å². The fraction of sp³-hybridized carbons (Fsp3) is 0.300. The molecule has 154 valence electrons. The Labute approximate surface area is 169 Å². The second kappa shape index (κ2) is 7.40. The number of anilines is 1. The molecule has 8 nitrogen and oxygen atoms in total. The number of nitrogens with zero attached hydrogens (tertiary/aromatic N) is 3. The average Bonchev–Trinajstić information content (AvgIpc) is 3.02. The number of methoxy groups -OCH3 is 2. The van der Waals surface area contributed by atoms with Gasteiger partial charge in [0.05, 0.1) is 35.7 Å². The number of ether oxygens (including phenoxy) is 2. The predicted octanol–water partition coefficient (Wildman–Crippen LogP) is 2.81. The average molecular weight is 417 g/mol. The lowest BCUT2D eigenvalue weighted by Gasteiger charge is -2.21. The molecule has 2 aromatic carbocycles. The summed E-state index contributed by atoms with van der Waals surface area (Å²) in [4.78, 5) is 16.8. The first-order chi connectivity index (χ1) is 13.6. The standard InChI is InChI=1S/C20H23N3O5S/c1-12-10-14(27-5)11-13(2)18(12)29(25,26)23(4)20-21-16-9-7-8-15(19(24)28-6)17(16)22(20)3/h7-11H,1-6H3. The number of fused-ring (bicyclic) bond motifs is 1. The van der Waals surface area contributed by atoms with E-state index in [2.05, 4.69) is 4.98 Å². The summed E-state index contributed by atoms with van der Waals surface area (Å²) >= 11 is 0. The van der Waals surface area contributed by atoms with E-state index < -0.39 is 16.0 Å². The highest BCUT2D eigenvalue weighted by molar-refractivity contribution is 7.92. The van der Waals surface area contributed by atoms with Crippen LogP contribution in [0.5, 0.6) is 5.75 Å². The molecular weight excluding hydrogens is 394 g/mol. The highest BCUT2D eigenvalue weighted by Gasteiger charge is 2.29. The van der Waals surface area contributed by atoms with Crippen LogP contribution in [0.2, 0.25) is 0 Å². The monoisotopic (exact) mass is 417 g/mol. The van der Waals surface area contributed by atoms with E-state index in [-0.39, 0.29) is 10.8 Å². The van der Waals surface area contributed by atoms with Crippen molar-refractivity contribution in [2.45, 2.75) is 18.7 Å². The van der Waals surface area contributed by atoms with E-state index >= 15 is 0 Å². The number of carbonyl (C=O) groups is 1. The first-order valence-corrected chi connectivity index (χ1v) is 10.3. The zero-order valence-corrected chi connectivity index (χ0v) is 18.0. The van der Waals surface area contributed by atoms with Crippen LogP contribution in [0, 0.1) is 13.8 Å². The van der Waals surface area contributed by atoms with Gasteiger partial charge in [0.15, 0.2) is 0 Å². The van der Waals surface area contributed by atoms with Gasteiger partial charge >= 0.3 is 5.97 Å². The Balaban J connectivity index is 2.18. The van der Waals surface area contributed by atoms with Crippen LogP contribution in [0.25, 0.3) is 11.0 Å². The van der Waals surface area contributed by atoms with E-state index in [4.69, 9.17) is 9.47 Å². The number of hydrogen-bond acceptors (Lipinski definition) is 6. The zero-order valence-electron chi connectivity index (χ0n) is 17.2. The maximum atomic E-state index is 13.4. The van der Waals surface area contributed by atoms with Crippen LogP contribution < -0.4 is 9.04 Å². The minimum atomic E-state index is -3.91. The normalized spacial score (nSPS) is 11.5. The van der Waals surface area contributed by atoms with Crippen molar-refractivity contribution < 1.29 is 22.7 Å². The molecule has 3 rings (SSSR count). The van der Waals surface area contributed by atoms with Gasteiger partial charge in [-0.3, -0.25) is 0 Å². The van der Waals surface area contributed by atoms with Crippen molar-refractivity contribution in [3.8, 4) is 5.75 Å². The molecule has 0 fully saturated rings. The third kappa shape index (κ3) is 3.31. The third-order valence-corrected chi connectivity index (χ3v) is 6.89. The van der Waals surface area contributed by atoms with E-state index in [1.807, 2.05) is 0 Å². The smallest absolute Gasteiger partial charge is 0.340 e. The molecule has 0 aliphatic carbocycles. The molecule has 29 heavy (non-hydrogen) atoms. The molecular formula is C20H23N3O5S. The van der Waals surface area contributed by atoms with Crippen LogP contribution in [0.15, 0.2) is 35.2 Å². The van der Waals surface area contributed by atoms with E-state index in [1.165, 1.54) is 21.3 Å². The molecule has 9 heteroatoms. The van der Waals surface area contributed by atoms with Crippen LogP contribution in [-0.2, 0) is 21.8 Å². The number of imidazole rings is 1. The lowest BCUT2D eigenvalue weighted by atomic mass is 10.1. The van der Waals surface area contributed by atoms with Gasteiger partial charge < -0.3 is 14.0 Å². The lowest BCUT2D eigenvalue weighted by molar-refractivity contribution is 0.0602. The number of para-hydroxylation sites is 1. The molecule has 0 bridgehead atoms. The Morgan fingerprint density at radius 3 is 2.31 bits per heavy atom. The number of aryl methyl sites for hydroxylation is 3. The Hall–Kier alpha value is -3.07. The zero-order chi connectivity index (χ0) is 21.5. The lowest BCUT2D eigenvalue weighted by Crippen LogP contribution is -2.30. The van der Waals surface area contributed by atoms with Gasteiger partial charge in [-0.2, -0.15) is 0 Å². The molecule has 0 aliphatic rings. The van der Waals surface area contributed by atoms with Gasteiger partial charge in [0.2, 0.25) is 5.95 Å². The Morgan fingerprint density at radius 2 is 1.76 bits per heavy atom. The summed E-state index contributed by atoms with van der Waals surface area (Å²) in [5.41, 5.74) is 2.45. The van der Waals surface area contributed by atoms with Gasteiger partial charge in [-0.15, -0.1) is 0 Å². The van der Waals surface area contributed by atoms with E-state index in [0.717, 1.165) is 4.31 Å². The van der Waals surface area contributed by atoms with Crippen molar-refractivity contribution >= 4 is 33.0 Å². The second-order valence-corrected chi connectivity index (χ2v) is 8.60. The van der Waals surface area contributed by atoms with Crippen molar-refractivity contribution in [2.75, 3.05) is 25.6 Å². The SMILES string of the molecule is COC(=O)c1cccc2nc(N(C)S(=O)(=O)c3c(C)cc(OC)cc3C)n(C)c12. The van der Waals surface area contributed by atoms with E-state index in [0.29, 0.717) is 33.5 Å². The number of rotatable bonds is 5. The quantitative estimate of drug-likeness (QED) is 0.593. The van der Waals surface area contributed by atoms with Gasteiger partial charge in [-0.25, -0.2) is 22.5 Å². The van der Waals surface area contributed by atoms with Crippen molar-refractivity contribution in [3.05, 3.63) is 47.0 Å². The highest BCUT2D eigenvalue weighted by atomic mass is 32.2. The summed E-state index contributed by atoms with van der Waals surface area (Å²) in [6, 6.07) is 8.37. The molecule has 0 atom stereocenters. The highest BCUT2D eigenvalue weighted by Crippen LogP contribution is 2.31. The number of hydrogen-bond donors (Lipinski definition) is 0. The van der Waals surface area contributed by atoms with Crippen molar-refractivity contribution in [1.82, 2.24) is 9.55 Å². The minimum Gasteiger partial charge on any atom is -0.497 e. The van der Waals surface area contributed by atoms with Crippen LogP contribution in [0.4, 0.5) is 5.95 Å². The number of carbonyl (C=O) groups excluding carboxylic acids is 1. The van der Waals surface area contributed by atoms with Gasteiger partial charge in [0.25, 0.3) is 10.0 Å². The number of esters is 1. The Morgan fingerprint density at radius 1 is 1.14 bits per heavy atom. The molecule has 1 aromatic heterocycles. The van der Waals surface area contributed by atoms with Crippen molar-refractivity contribution in [3.63, 3.8) is 0 Å². The number of sulfonamides is 1. The van der Waals surface area contributed by atoms with Crippen LogP contribution >= 0.6 is 0 Å². The molecule has 0 saturated carbocycles. The molecule has 1 heterocycles. The summed E-state index contributed by atoms with van der Waals surface area (Å²) in [6.45, 7) is 3.45. The largest absolute Gasteiger partial charge is 0.497 e. The molecule has 0 aliphatic heterocycles. The fourth-order valence-electron chi connectivity index (χ4n) is 3.49. The van der Waals surface area contributed by atoms with Gasteiger partial charge in [0, 0.05) is 14.1 Å². The summed E-state index contributed by atoms with van der Waals surface area (Å²) in [6.07, 6.45) is 0. The van der Waals surface area contributed by atoms with Crippen LogP contribution in [0.3, 0.4) is 0 Å². The van der Waals surface area contributed by atoms with Gasteiger partial charge in [-0.05, 0) is 49.2 Å². The van der Waals surface area contributed by atoms with Crippen molar-refractivity contribution in [2.24, 2.45) is 7.05 Å². The summed E-state index contributed by atoms with van der Waals surface area (Å²) in [5, 5.41) is 0. The number of aromatic nitrogens is 2. The Kier molecular flexibility index (Phi) is 5.27. The third-order valence-electron chi connectivity index (χ3n) is 4.85. The summed E-state index contributed by atoms with van der Waals surface area (Å²) < 4.78 is 39.6. The molecule has 0 N–H and O–H groups in total. The molecule has 0 saturated heterocycles. The molecule has 0 unspecified atom stereocenters. The summed E-state index contributed by atoms with van der Waals surface area (Å²) in [7, 11) is 2.03. The predicted molar refractivity (Wildman–Crippen MR) is 110 cm³/mol. The van der Waals surface area contributed by atoms with Crippen LogP contribution in [-0.4, -0.2) is 45.2 Å². The second-order valence-electron chi connectivity index (χ2n) is 6.70.